The molecule has 210 valence electrons. The number of para-hydroxylation sites is 1. The van der Waals surface area contributed by atoms with Crippen LogP contribution in [0.1, 0.15) is 21.5 Å². The fourth-order valence-corrected chi connectivity index (χ4v) is 4.69. The molecule has 0 unspecified atom stereocenters. The van der Waals surface area contributed by atoms with Gasteiger partial charge in [0.05, 0.1) is 22.6 Å². The highest BCUT2D eigenvalue weighted by molar-refractivity contribution is 6.34. The van der Waals surface area contributed by atoms with E-state index in [4.69, 9.17) is 11.6 Å². The fourth-order valence-electron chi connectivity index (χ4n) is 4.47. The number of nitrogens with zero attached hydrogens (tertiary/aromatic N) is 4. The first kappa shape index (κ1) is 28.3. The number of rotatable bonds is 8. The molecule has 1 aromatic heterocycles. The molecule has 42 heavy (non-hydrogen) atoms. The van der Waals surface area contributed by atoms with E-state index in [-0.39, 0.29) is 27.9 Å². The van der Waals surface area contributed by atoms with Gasteiger partial charge in [0.1, 0.15) is 5.70 Å². The molecule has 0 fully saturated rings. The average molecular weight is 578 g/mol. The van der Waals surface area contributed by atoms with Gasteiger partial charge in [0.2, 0.25) is 5.88 Å². The predicted octanol–water partition coefficient (Wildman–Crippen LogP) is 7.20. The van der Waals surface area contributed by atoms with Crippen LogP contribution < -0.4 is 10.2 Å². The number of halogens is 1. The van der Waals surface area contributed by atoms with Crippen LogP contribution in [0.15, 0.2) is 119 Å². The summed E-state index contributed by atoms with van der Waals surface area (Å²) in [6, 6.07) is 31.0. The van der Waals surface area contributed by atoms with Crippen molar-refractivity contribution in [3.63, 3.8) is 0 Å². The quantitative estimate of drug-likeness (QED) is 0.150. The number of hydrogen-bond acceptors (Lipinski definition) is 5. The molecule has 5 rings (SSSR count). The molecule has 0 saturated heterocycles. The number of aromatic nitrogens is 1. The Morgan fingerprint density at radius 3 is 2.29 bits per heavy atom. The zero-order chi connectivity index (χ0) is 29.6. The van der Waals surface area contributed by atoms with E-state index in [9.17, 15) is 14.7 Å². The maximum Gasteiger partial charge on any atom is 0.311 e. The van der Waals surface area contributed by atoms with Crippen LogP contribution in [-0.2, 0) is 11.3 Å². The van der Waals surface area contributed by atoms with Gasteiger partial charge in [-0.25, -0.2) is 0 Å². The third kappa shape index (κ3) is 6.24. The van der Waals surface area contributed by atoms with Crippen LogP contribution >= 0.6 is 11.6 Å². The van der Waals surface area contributed by atoms with Crippen LogP contribution in [0.5, 0.6) is 5.88 Å². The molecule has 0 aliphatic carbocycles. The van der Waals surface area contributed by atoms with Crippen molar-refractivity contribution >= 4 is 51.8 Å². The standard InChI is InChI=1S/C33H28ClN5O3/c1-38(2)24-18-16-22(17-19-24)20-28(35-31(40)25-12-6-8-14-27(25)34)32(41)37-36-30-26-13-7-9-15-29(26)39(33(30)42)21-23-10-4-3-5-11-23/h3-20,42H,21H2,1-2H3,(H,35,40). The molecule has 0 aliphatic heterocycles. The first-order valence-electron chi connectivity index (χ1n) is 13.2. The number of benzene rings is 4. The van der Waals surface area contributed by atoms with E-state index in [2.05, 4.69) is 15.5 Å². The Hall–Kier alpha value is -5.21. The summed E-state index contributed by atoms with van der Waals surface area (Å²) in [6.07, 6.45) is 1.52. The second kappa shape index (κ2) is 12.5. The van der Waals surface area contributed by atoms with Crippen LogP contribution in [0.4, 0.5) is 11.4 Å². The third-order valence-corrected chi connectivity index (χ3v) is 6.99. The number of amides is 2. The zero-order valence-electron chi connectivity index (χ0n) is 23.0. The van der Waals surface area contributed by atoms with Gasteiger partial charge in [-0.2, -0.15) is 0 Å². The van der Waals surface area contributed by atoms with Crippen LogP contribution in [0.3, 0.4) is 0 Å². The number of aromatic hydroxyl groups is 1. The lowest BCUT2D eigenvalue weighted by atomic mass is 10.1. The van der Waals surface area contributed by atoms with E-state index in [1.165, 1.54) is 6.08 Å². The van der Waals surface area contributed by atoms with Gasteiger partial charge < -0.3 is 19.9 Å². The fraction of sp³-hybridized carbons (Fsp3) is 0.0909. The summed E-state index contributed by atoms with van der Waals surface area (Å²) in [5, 5.41) is 22.8. The topological polar surface area (TPSA) is 99.3 Å². The molecule has 0 aliphatic rings. The van der Waals surface area contributed by atoms with Crippen molar-refractivity contribution in [2.75, 3.05) is 19.0 Å². The van der Waals surface area contributed by atoms with Gasteiger partial charge in [-0.1, -0.05) is 84.4 Å². The van der Waals surface area contributed by atoms with Gasteiger partial charge in [-0.05, 0) is 47.5 Å². The second-order valence-electron chi connectivity index (χ2n) is 9.74. The lowest BCUT2D eigenvalue weighted by Crippen LogP contribution is -2.26. The Morgan fingerprint density at radius 2 is 1.57 bits per heavy atom. The molecule has 9 heteroatoms. The smallest absolute Gasteiger partial charge is 0.311 e. The normalized spacial score (nSPS) is 11.6. The molecule has 0 radical (unpaired) electrons. The molecule has 1 heterocycles. The van der Waals surface area contributed by atoms with E-state index in [1.54, 1.807) is 34.9 Å². The van der Waals surface area contributed by atoms with Gasteiger partial charge in [0.15, 0.2) is 5.69 Å². The van der Waals surface area contributed by atoms with Crippen molar-refractivity contribution in [2.45, 2.75) is 6.54 Å². The van der Waals surface area contributed by atoms with Crippen LogP contribution in [0, 0.1) is 0 Å². The van der Waals surface area contributed by atoms with Gasteiger partial charge in [0.25, 0.3) is 5.91 Å². The van der Waals surface area contributed by atoms with Crippen LogP contribution in [0.2, 0.25) is 5.02 Å². The molecule has 5 aromatic rings. The number of nitrogens with one attached hydrogen (secondary N) is 1. The Balaban J connectivity index is 1.50. The minimum Gasteiger partial charge on any atom is -0.493 e. The Kier molecular flexibility index (Phi) is 8.45. The summed E-state index contributed by atoms with van der Waals surface area (Å²) in [4.78, 5) is 28.5. The summed E-state index contributed by atoms with van der Waals surface area (Å²) >= 11 is 6.22. The van der Waals surface area contributed by atoms with Crippen LogP contribution in [0.25, 0.3) is 17.0 Å². The molecule has 2 amide bonds. The maximum absolute atomic E-state index is 13.4. The van der Waals surface area contributed by atoms with E-state index >= 15 is 0 Å². The largest absolute Gasteiger partial charge is 0.493 e. The molecular formula is C33H28ClN5O3. The Morgan fingerprint density at radius 1 is 0.905 bits per heavy atom. The average Bonchev–Trinajstić information content (AvgIpc) is 3.26. The molecule has 0 atom stereocenters. The van der Waals surface area contributed by atoms with Gasteiger partial charge >= 0.3 is 5.91 Å². The number of carbonyl (C=O) groups excluding carboxylic acids is 2. The lowest BCUT2D eigenvalue weighted by Gasteiger charge is -2.12. The van der Waals surface area contributed by atoms with Crippen LogP contribution in [-0.4, -0.2) is 35.6 Å². The highest BCUT2D eigenvalue weighted by atomic mass is 35.5. The van der Waals surface area contributed by atoms with Gasteiger partial charge in [0, 0.05) is 25.2 Å². The molecule has 0 bridgehead atoms. The highest BCUT2D eigenvalue weighted by Gasteiger charge is 2.19. The van der Waals surface area contributed by atoms with E-state index in [1.807, 2.05) is 91.8 Å². The molecular weight excluding hydrogens is 550 g/mol. The van der Waals surface area contributed by atoms with Gasteiger partial charge in [-0.15, -0.1) is 10.2 Å². The number of carbonyl (C=O) groups is 2. The molecule has 0 saturated carbocycles. The van der Waals surface area contributed by atoms with E-state index in [0.29, 0.717) is 17.5 Å². The van der Waals surface area contributed by atoms with Crippen molar-refractivity contribution in [1.82, 2.24) is 9.88 Å². The van der Waals surface area contributed by atoms with E-state index in [0.717, 1.165) is 16.8 Å². The molecule has 4 aromatic carbocycles. The van der Waals surface area contributed by atoms with Crippen molar-refractivity contribution in [3.05, 3.63) is 131 Å². The minimum atomic E-state index is -0.800. The Labute approximate surface area is 248 Å². The first-order valence-corrected chi connectivity index (χ1v) is 13.5. The number of azo groups is 1. The Bertz CT molecular complexity index is 1810. The summed E-state index contributed by atoms with van der Waals surface area (Å²) < 4.78 is 1.71. The van der Waals surface area contributed by atoms with Crippen molar-refractivity contribution in [1.29, 1.82) is 0 Å². The molecule has 0 spiro atoms. The summed E-state index contributed by atoms with van der Waals surface area (Å²) in [7, 11) is 3.85. The lowest BCUT2D eigenvalue weighted by molar-refractivity contribution is -0.115. The second-order valence-corrected chi connectivity index (χ2v) is 10.2. The number of hydrogen-bond donors (Lipinski definition) is 2. The summed E-state index contributed by atoms with van der Waals surface area (Å²) in [6.45, 7) is 0.401. The monoisotopic (exact) mass is 577 g/mol. The molecule has 2 N–H and O–H groups in total. The SMILES string of the molecule is CN(C)c1ccc(C=C(NC(=O)c2ccccc2Cl)C(=O)N=Nc2c(O)n(Cc3ccccc3)c3ccccc23)cc1. The summed E-state index contributed by atoms with van der Waals surface area (Å²) in [5.74, 6) is -1.49. The highest BCUT2D eigenvalue weighted by Crippen LogP contribution is 2.39. The van der Waals surface area contributed by atoms with Crippen molar-refractivity contribution < 1.29 is 14.7 Å². The minimum absolute atomic E-state index is 0.103. The number of anilines is 1. The van der Waals surface area contributed by atoms with Crippen molar-refractivity contribution in [3.8, 4) is 5.88 Å². The predicted molar refractivity (Wildman–Crippen MR) is 166 cm³/mol. The third-order valence-electron chi connectivity index (χ3n) is 6.66. The summed E-state index contributed by atoms with van der Waals surface area (Å²) in [5.41, 5.74) is 3.63. The van der Waals surface area contributed by atoms with E-state index < -0.39 is 11.8 Å². The number of fused-ring (bicyclic) bond motifs is 1. The van der Waals surface area contributed by atoms with Gasteiger partial charge in [-0.3, -0.25) is 9.59 Å². The van der Waals surface area contributed by atoms with Crippen molar-refractivity contribution in [2.24, 2.45) is 10.2 Å². The molecule has 8 nitrogen and oxygen atoms in total. The zero-order valence-corrected chi connectivity index (χ0v) is 23.8. The maximum atomic E-state index is 13.4. The first-order chi connectivity index (χ1) is 20.3.